The molecule has 0 unspecified atom stereocenters. The number of rotatable bonds is 3. The van der Waals surface area contributed by atoms with Crippen molar-refractivity contribution in [2.24, 2.45) is 0 Å². The van der Waals surface area contributed by atoms with E-state index in [4.69, 9.17) is 4.42 Å². The molecule has 0 saturated heterocycles. The molecule has 0 aliphatic heterocycles. The molecule has 1 aromatic carbocycles. The first kappa shape index (κ1) is 11.9. The van der Waals surface area contributed by atoms with Crippen LogP contribution in [-0.4, -0.2) is 5.78 Å². The lowest BCUT2D eigenvalue weighted by atomic mass is 10.2. The molecular weight excluding hydrogens is 280 g/mol. The van der Waals surface area contributed by atoms with Crippen LogP contribution in [0.25, 0.3) is 6.08 Å². The average Bonchev–Trinajstić information content (AvgIpc) is 2.73. The number of benzene rings is 1. The normalized spacial score (nSPS) is 10.9. The van der Waals surface area contributed by atoms with Crippen molar-refractivity contribution < 1.29 is 9.21 Å². The molecule has 1 heterocycles. The zero-order chi connectivity index (χ0) is 12.3. The molecule has 0 fully saturated rings. The first-order valence-electron chi connectivity index (χ1n) is 5.19. The van der Waals surface area contributed by atoms with Crippen LogP contribution in [0.4, 0.5) is 0 Å². The van der Waals surface area contributed by atoms with E-state index in [-0.39, 0.29) is 5.78 Å². The minimum atomic E-state index is -0.127. The van der Waals surface area contributed by atoms with E-state index in [1.165, 1.54) is 6.08 Å². The molecule has 0 N–H and O–H groups in total. The number of allylic oxidation sites excluding steroid dienone is 1. The maximum Gasteiger partial charge on any atom is 0.221 e. The molecule has 0 aliphatic rings. The fourth-order valence-electron chi connectivity index (χ4n) is 1.43. The maximum atomic E-state index is 11.7. The molecule has 0 aliphatic carbocycles. The van der Waals surface area contributed by atoms with Crippen LogP contribution in [0.5, 0.6) is 0 Å². The van der Waals surface area contributed by atoms with Crippen molar-refractivity contribution in [3.8, 4) is 0 Å². The lowest BCUT2D eigenvalue weighted by Crippen LogP contribution is -1.90. The molecule has 17 heavy (non-hydrogen) atoms. The van der Waals surface area contributed by atoms with Gasteiger partial charge in [-0.1, -0.05) is 34.1 Å². The minimum Gasteiger partial charge on any atom is -0.458 e. The molecule has 2 rings (SSSR count). The van der Waals surface area contributed by atoms with E-state index in [1.807, 2.05) is 31.2 Å². The van der Waals surface area contributed by atoms with Crippen molar-refractivity contribution in [1.82, 2.24) is 0 Å². The van der Waals surface area contributed by atoms with Gasteiger partial charge >= 0.3 is 0 Å². The molecule has 0 saturated carbocycles. The Morgan fingerprint density at radius 1 is 1.29 bits per heavy atom. The lowest BCUT2D eigenvalue weighted by Gasteiger charge is -1.94. The van der Waals surface area contributed by atoms with E-state index in [9.17, 15) is 4.79 Å². The largest absolute Gasteiger partial charge is 0.458 e. The third-order valence-electron chi connectivity index (χ3n) is 2.26. The summed E-state index contributed by atoms with van der Waals surface area (Å²) in [5, 5.41) is 0. The van der Waals surface area contributed by atoms with Crippen molar-refractivity contribution in [3.63, 3.8) is 0 Å². The Bertz CT molecular complexity index is 567. The lowest BCUT2D eigenvalue weighted by molar-refractivity contribution is 0.102. The van der Waals surface area contributed by atoms with E-state index in [2.05, 4.69) is 15.9 Å². The summed E-state index contributed by atoms with van der Waals surface area (Å²) in [4.78, 5) is 11.7. The number of carbonyl (C=O) groups is 1. The molecule has 3 heteroatoms. The fraction of sp³-hybridized carbons (Fsp3) is 0.0714. The summed E-state index contributed by atoms with van der Waals surface area (Å²) < 4.78 is 6.23. The van der Waals surface area contributed by atoms with E-state index in [0.29, 0.717) is 5.76 Å². The zero-order valence-electron chi connectivity index (χ0n) is 9.31. The average molecular weight is 291 g/mol. The fourth-order valence-corrected chi connectivity index (χ4v) is 1.85. The number of hydrogen-bond acceptors (Lipinski definition) is 2. The van der Waals surface area contributed by atoms with Gasteiger partial charge in [-0.15, -0.1) is 0 Å². The molecule has 86 valence electrons. The van der Waals surface area contributed by atoms with Crippen molar-refractivity contribution >= 4 is 27.8 Å². The Balaban J connectivity index is 2.13. The molecule has 0 atom stereocenters. The van der Waals surface area contributed by atoms with Gasteiger partial charge in [0.15, 0.2) is 5.76 Å². The van der Waals surface area contributed by atoms with Crippen molar-refractivity contribution in [3.05, 3.63) is 64.0 Å². The highest BCUT2D eigenvalue weighted by molar-refractivity contribution is 9.10. The van der Waals surface area contributed by atoms with Crippen molar-refractivity contribution in [2.45, 2.75) is 6.92 Å². The third kappa shape index (κ3) is 3.17. The van der Waals surface area contributed by atoms with Gasteiger partial charge in [0.05, 0.1) is 0 Å². The highest BCUT2D eigenvalue weighted by atomic mass is 79.9. The Kier molecular flexibility index (Phi) is 3.59. The number of halogens is 1. The Morgan fingerprint density at radius 2 is 2.12 bits per heavy atom. The molecule has 0 spiro atoms. The van der Waals surface area contributed by atoms with Gasteiger partial charge < -0.3 is 4.42 Å². The molecular formula is C14H11BrO2. The molecule has 2 nitrogen and oxygen atoms in total. The highest BCUT2D eigenvalue weighted by Crippen LogP contribution is 2.14. The van der Waals surface area contributed by atoms with Gasteiger partial charge in [-0.25, -0.2) is 0 Å². The summed E-state index contributed by atoms with van der Waals surface area (Å²) in [6, 6.07) is 11.2. The van der Waals surface area contributed by atoms with Gasteiger partial charge in [0, 0.05) is 4.47 Å². The number of aryl methyl sites for hydroxylation is 1. The van der Waals surface area contributed by atoms with Gasteiger partial charge in [-0.2, -0.15) is 0 Å². The number of furan rings is 1. The summed E-state index contributed by atoms with van der Waals surface area (Å²) in [6.45, 7) is 1.81. The van der Waals surface area contributed by atoms with Gasteiger partial charge in [0.1, 0.15) is 5.76 Å². The maximum absolute atomic E-state index is 11.7. The minimum absolute atomic E-state index is 0.127. The van der Waals surface area contributed by atoms with E-state index < -0.39 is 0 Å². The van der Waals surface area contributed by atoms with Crippen LogP contribution in [0.15, 0.2) is 51.4 Å². The Labute approximate surface area is 108 Å². The Hall–Kier alpha value is -1.61. The van der Waals surface area contributed by atoms with Gasteiger partial charge in [-0.3, -0.25) is 4.79 Å². The Morgan fingerprint density at radius 3 is 2.76 bits per heavy atom. The quantitative estimate of drug-likeness (QED) is 0.625. The topological polar surface area (TPSA) is 30.2 Å². The zero-order valence-corrected chi connectivity index (χ0v) is 10.9. The highest BCUT2D eigenvalue weighted by Gasteiger charge is 2.05. The molecule has 0 radical (unpaired) electrons. The van der Waals surface area contributed by atoms with E-state index in [0.717, 1.165) is 15.8 Å². The van der Waals surface area contributed by atoms with Gasteiger partial charge in [0.2, 0.25) is 5.78 Å². The number of ketones is 1. The SMILES string of the molecule is Cc1ccc(C(=O)/C=C/c2cccc(Br)c2)o1. The van der Waals surface area contributed by atoms with Gasteiger partial charge in [0.25, 0.3) is 0 Å². The molecule has 1 aromatic heterocycles. The van der Waals surface area contributed by atoms with Crippen LogP contribution in [0, 0.1) is 6.92 Å². The van der Waals surface area contributed by atoms with Crippen LogP contribution < -0.4 is 0 Å². The summed E-state index contributed by atoms with van der Waals surface area (Å²) in [5.41, 5.74) is 0.969. The smallest absolute Gasteiger partial charge is 0.221 e. The summed E-state index contributed by atoms with van der Waals surface area (Å²) in [6.07, 6.45) is 3.28. The van der Waals surface area contributed by atoms with Crippen molar-refractivity contribution in [2.75, 3.05) is 0 Å². The third-order valence-corrected chi connectivity index (χ3v) is 2.75. The van der Waals surface area contributed by atoms with Crippen molar-refractivity contribution in [1.29, 1.82) is 0 Å². The monoisotopic (exact) mass is 290 g/mol. The van der Waals surface area contributed by atoms with Crippen LogP contribution in [0.1, 0.15) is 21.9 Å². The second kappa shape index (κ2) is 5.15. The van der Waals surface area contributed by atoms with Gasteiger partial charge in [-0.05, 0) is 42.8 Å². The summed E-state index contributed by atoms with van der Waals surface area (Å²) >= 11 is 3.38. The van der Waals surface area contributed by atoms with E-state index in [1.54, 1.807) is 18.2 Å². The number of hydrogen-bond donors (Lipinski definition) is 0. The second-order valence-electron chi connectivity index (χ2n) is 3.66. The summed E-state index contributed by atoms with van der Waals surface area (Å²) in [7, 11) is 0. The first-order valence-corrected chi connectivity index (χ1v) is 5.99. The van der Waals surface area contributed by atoms with Crippen LogP contribution in [0.3, 0.4) is 0 Å². The van der Waals surface area contributed by atoms with Crippen LogP contribution >= 0.6 is 15.9 Å². The standard InChI is InChI=1S/C14H11BrO2/c1-10-5-8-14(17-10)13(16)7-6-11-3-2-4-12(15)9-11/h2-9H,1H3/b7-6+. The van der Waals surface area contributed by atoms with Crippen LogP contribution in [-0.2, 0) is 0 Å². The predicted octanol–water partition coefficient (Wildman–Crippen LogP) is 4.25. The second-order valence-corrected chi connectivity index (χ2v) is 4.58. The predicted molar refractivity (Wildman–Crippen MR) is 71.0 cm³/mol. The number of carbonyl (C=O) groups excluding carboxylic acids is 1. The van der Waals surface area contributed by atoms with Crippen LogP contribution in [0.2, 0.25) is 0 Å². The molecule has 0 amide bonds. The van der Waals surface area contributed by atoms with E-state index >= 15 is 0 Å². The first-order chi connectivity index (χ1) is 8.15. The molecule has 0 bridgehead atoms. The summed E-state index contributed by atoms with van der Waals surface area (Å²) in [5.74, 6) is 0.982. The molecule has 2 aromatic rings.